The van der Waals surface area contributed by atoms with Crippen LogP contribution in [0.2, 0.25) is 5.02 Å². The third kappa shape index (κ3) is 3.35. The third-order valence-electron chi connectivity index (χ3n) is 2.59. The van der Waals surface area contributed by atoms with E-state index in [-0.39, 0.29) is 27.9 Å². The van der Waals surface area contributed by atoms with Gasteiger partial charge in [0.05, 0.1) is 22.0 Å². The van der Waals surface area contributed by atoms with E-state index in [0.717, 1.165) is 18.2 Å². The van der Waals surface area contributed by atoms with E-state index in [1.807, 2.05) is 0 Å². The average Bonchev–Trinajstić information content (AvgIpc) is 2.42. The Balaban J connectivity index is 2.38. The monoisotopic (exact) mass is 312 g/mol. The summed E-state index contributed by atoms with van der Waals surface area (Å²) in [5.74, 6) is 0.168. The number of alkyl halides is 3. The molecule has 0 fully saturated rings. The van der Waals surface area contributed by atoms with Gasteiger partial charge in [-0.3, -0.25) is 0 Å². The van der Waals surface area contributed by atoms with Gasteiger partial charge in [-0.1, -0.05) is 11.6 Å². The number of hydrogen-bond donors (Lipinski definition) is 2. The number of rotatable bonds is 2. The molecule has 4 nitrogen and oxygen atoms in total. The van der Waals surface area contributed by atoms with Crippen LogP contribution in [0.25, 0.3) is 0 Å². The minimum atomic E-state index is -4.48. The van der Waals surface area contributed by atoms with Crippen molar-refractivity contribution in [2.24, 2.45) is 0 Å². The van der Waals surface area contributed by atoms with E-state index in [9.17, 15) is 13.2 Å². The largest absolute Gasteiger partial charge is 0.416 e. The molecule has 3 N–H and O–H groups in total. The zero-order valence-corrected chi connectivity index (χ0v) is 11.1. The molecule has 21 heavy (non-hydrogen) atoms. The maximum absolute atomic E-state index is 12.7. The molecule has 2 rings (SSSR count). The van der Waals surface area contributed by atoms with Crippen LogP contribution in [0.15, 0.2) is 30.3 Å². The van der Waals surface area contributed by atoms with Crippen LogP contribution >= 0.6 is 11.6 Å². The second kappa shape index (κ2) is 5.50. The van der Waals surface area contributed by atoms with E-state index >= 15 is 0 Å². The predicted molar refractivity (Wildman–Crippen MR) is 73.1 cm³/mol. The summed E-state index contributed by atoms with van der Waals surface area (Å²) in [6, 6.07) is 7.53. The number of nitrogens with zero attached hydrogens (tertiary/aromatic N) is 2. The number of benzene rings is 1. The van der Waals surface area contributed by atoms with Crippen molar-refractivity contribution in [3.05, 3.63) is 46.6 Å². The van der Waals surface area contributed by atoms with E-state index in [0.29, 0.717) is 0 Å². The number of nitrogen functional groups attached to an aromatic ring is 1. The first-order chi connectivity index (χ1) is 9.81. The topological polar surface area (TPSA) is 74.7 Å². The molecule has 0 unspecified atom stereocenters. The van der Waals surface area contributed by atoms with Gasteiger partial charge in [0.1, 0.15) is 11.9 Å². The molecule has 0 spiro atoms. The molecule has 108 valence electrons. The van der Waals surface area contributed by atoms with Crippen LogP contribution in [0, 0.1) is 11.3 Å². The van der Waals surface area contributed by atoms with Crippen LogP contribution in [0.3, 0.4) is 0 Å². The molecule has 0 saturated carbocycles. The Morgan fingerprint density at radius 2 is 1.95 bits per heavy atom. The lowest BCUT2D eigenvalue weighted by atomic mass is 10.2. The Labute approximate surface area is 123 Å². The van der Waals surface area contributed by atoms with Crippen molar-refractivity contribution < 1.29 is 13.2 Å². The molecule has 0 aliphatic carbocycles. The summed E-state index contributed by atoms with van der Waals surface area (Å²) in [5, 5.41) is 11.6. The molecule has 1 aromatic heterocycles. The summed E-state index contributed by atoms with van der Waals surface area (Å²) in [7, 11) is 0. The molecule has 0 aliphatic rings. The zero-order valence-electron chi connectivity index (χ0n) is 10.4. The number of hydrogen-bond acceptors (Lipinski definition) is 4. The summed E-state index contributed by atoms with van der Waals surface area (Å²) in [4.78, 5) is 3.88. The van der Waals surface area contributed by atoms with Gasteiger partial charge in [0.2, 0.25) is 0 Å². The van der Waals surface area contributed by atoms with Crippen LogP contribution in [0.4, 0.5) is 30.4 Å². The van der Waals surface area contributed by atoms with Gasteiger partial charge in [0, 0.05) is 0 Å². The van der Waals surface area contributed by atoms with Crippen LogP contribution in [0.1, 0.15) is 11.3 Å². The lowest BCUT2D eigenvalue weighted by molar-refractivity contribution is -0.137. The van der Waals surface area contributed by atoms with Crippen LogP contribution in [-0.2, 0) is 6.18 Å². The minimum Gasteiger partial charge on any atom is -0.396 e. The number of nitrogens with two attached hydrogens (primary N) is 1. The van der Waals surface area contributed by atoms with E-state index in [1.54, 1.807) is 6.07 Å². The molecule has 1 aromatic carbocycles. The standard InChI is InChI=1S/C13H8ClF3N4/c14-8-2-1-7(13(15,16)17)5-10(8)20-12-4-3-9(19)11(6-18)21-12/h1-5H,19H2,(H,20,21). The van der Waals surface area contributed by atoms with Gasteiger partial charge in [-0.2, -0.15) is 18.4 Å². The van der Waals surface area contributed by atoms with Crippen molar-refractivity contribution in [3.63, 3.8) is 0 Å². The number of pyridine rings is 1. The smallest absolute Gasteiger partial charge is 0.396 e. The maximum Gasteiger partial charge on any atom is 0.416 e. The van der Waals surface area contributed by atoms with Crippen molar-refractivity contribution in [3.8, 4) is 6.07 Å². The number of halogens is 4. The Hall–Kier alpha value is -2.46. The van der Waals surface area contributed by atoms with Crippen molar-refractivity contribution in [1.29, 1.82) is 5.26 Å². The van der Waals surface area contributed by atoms with Gasteiger partial charge in [-0.15, -0.1) is 0 Å². The van der Waals surface area contributed by atoms with E-state index in [2.05, 4.69) is 10.3 Å². The average molecular weight is 313 g/mol. The first-order valence-corrected chi connectivity index (χ1v) is 5.99. The van der Waals surface area contributed by atoms with Crippen LogP contribution in [-0.4, -0.2) is 4.98 Å². The summed E-state index contributed by atoms with van der Waals surface area (Å²) in [6.45, 7) is 0. The highest BCUT2D eigenvalue weighted by molar-refractivity contribution is 6.33. The number of aromatic nitrogens is 1. The second-order valence-electron chi connectivity index (χ2n) is 4.06. The molecular formula is C13H8ClF3N4. The predicted octanol–water partition coefficient (Wildman–Crippen LogP) is 3.95. The molecule has 0 amide bonds. The fraction of sp³-hybridized carbons (Fsp3) is 0.0769. The molecule has 0 aliphatic heterocycles. The van der Waals surface area contributed by atoms with Crippen molar-refractivity contribution in [1.82, 2.24) is 4.98 Å². The van der Waals surface area contributed by atoms with Gasteiger partial charge in [-0.05, 0) is 30.3 Å². The molecule has 0 radical (unpaired) electrons. The summed E-state index contributed by atoms with van der Waals surface area (Å²) in [5.41, 5.74) is 4.86. The molecule has 0 saturated heterocycles. The third-order valence-corrected chi connectivity index (χ3v) is 2.92. The number of anilines is 3. The van der Waals surface area contributed by atoms with E-state index < -0.39 is 11.7 Å². The Morgan fingerprint density at radius 1 is 1.24 bits per heavy atom. The number of nitriles is 1. The highest BCUT2D eigenvalue weighted by Gasteiger charge is 2.31. The summed E-state index contributed by atoms with van der Waals surface area (Å²) in [6.07, 6.45) is -4.48. The molecule has 0 bridgehead atoms. The molecule has 0 atom stereocenters. The first-order valence-electron chi connectivity index (χ1n) is 5.61. The lowest BCUT2D eigenvalue weighted by Crippen LogP contribution is -2.06. The normalized spacial score (nSPS) is 11.0. The Morgan fingerprint density at radius 3 is 2.57 bits per heavy atom. The SMILES string of the molecule is N#Cc1nc(Nc2cc(C(F)(F)F)ccc2Cl)ccc1N. The first kappa shape index (κ1) is 14.9. The van der Waals surface area contributed by atoms with E-state index in [1.165, 1.54) is 12.1 Å². The van der Waals surface area contributed by atoms with Crippen LogP contribution in [0.5, 0.6) is 0 Å². The fourth-order valence-electron chi connectivity index (χ4n) is 1.56. The fourth-order valence-corrected chi connectivity index (χ4v) is 1.73. The second-order valence-corrected chi connectivity index (χ2v) is 4.47. The highest BCUT2D eigenvalue weighted by Crippen LogP contribution is 2.34. The zero-order chi connectivity index (χ0) is 15.6. The van der Waals surface area contributed by atoms with Crippen molar-refractivity contribution in [2.45, 2.75) is 6.18 Å². The highest BCUT2D eigenvalue weighted by atomic mass is 35.5. The summed E-state index contributed by atoms with van der Waals surface area (Å²) >= 11 is 5.85. The van der Waals surface area contributed by atoms with Gasteiger partial charge in [0.15, 0.2) is 5.69 Å². The van der Waals surface area contributed by atoms with Crippen molar-refractivity contribution in [2.75, 3.05) is 11.1 Å². The van der Waals surface area contributed by atoms with Gasteiger partial charge >= 0.3 is 6.18 Å². The van der Waals surface area contributed by atoms with Gasteiger partial charge in [0.25, 0.3) is 0 Å². The molecule has 1 heterocycles. The number of nitrogens with one attached hydrogen (secondary N) is 1. The van der Waals surface area contributed by atoms with Crippen molar-refractivity contribution >= 4 is 28.8 Å². The van der Waals surface area contributed by atoms with E-state index in [4.69, 9.17) is 22.6 Å². The molecule has 2 aromatic rings. The molecule has 8 heteroatoms. The van der Waals surface area contributed by atoms with Gasteiger partial charge < -0.3 is 11.1 Å². The quantitative estimate of drug-likeness (QED) is 0.880. The lowest BCUT2D eigenvalue weighted by Gasteiger charge is -2.12. The minimum absolute atomic E-state index is 0.0249. The Kier molecular flexibility index (Phi) is 3.91. The Bertz CT molecular complexity index is 722. The maximum atomic E-state index is 12.7. The summed E-state index contributed by atoms with van der Waals surface area (Å²) < 4.78 is 38.0. The van der Waals surface area contributed by atoms with Crippen LogP contribution < -0.4 is 11.1 Å². The molecular weight excluding hydrogens is 305 g/mol. The van der Waals surface area contributed by atoms with Gasteiger partial charge in [-0.25, -0.2) is 4.98 Å².